The van der Waals surface area contributed by atoms with E-state index in [4.69, 9.17) is 34.4 Å². The molecule has 3 N–H and O–H groups in total. The predicted octanol–water partition coefficient (Wildman–Crippen LogP) is 4.52. The van der Waals surface area contributed by atoms with E-state index in [1.54, 1.807) is 11.3 Å². The summed E-state index contributed by atoms with van der Waals surface area (Å²) in [5.41, 5.74) is 2.47. The summed E-state index contributed by atoms with van der Waals surface area (Å²) in [5.74, 6) is -8.27. The molecular weight excluding hydrogens is 645 g/mol. The zero-order valence-corrected chi connectivity index (χ0v) is 23.1. The molecule has 0 spiro atoms. The van der Waals surface area contributed by atoms with Gasteiger partial charge in [-0.1, -0.05) is 6.07 Å². The van der Waals surface area contributed by atoms with E-state index in [1.165, 1.54) is 18.7 Å². The average Bonchev–Trinajstić information content (AvgIpc) is 3.57. The van der Waals surface area contributed by atoms with Gasteiger partial charge in [0.1, 0.15) is 0 Å². The second kappa shape index (κ2) is 17.1. The summed E-state index contributed by atoms with van der Waals surface area (Å²) < 4.78 is 101. The van der Waals surface area contributed by atoms with Gasteiger partial charge in [-0.3, -0.25) is 14.8 Å². The molecule has 2 aliphatic rings. The molecule has 2 aliphatic heterocycles. The number of nitrogens with zero attached hydrogens (tertiary/aromatic N) is 3. The van der Waals surface area contributed by atoms with Crippen LogP contribution in [0.2, 0.25) is 0 Å². The van der Waals surface area contributed by atoms with Gasteiger partial charge in [-0.05, 0) is 40.9 Å². The van der Waals surface area contributed by atoms with Crippen LogP contribution in [0.15, 0.2) is 41.2 Å². The lowest BCUT2D eigenvalue weighted by Gasteiger charge is -2.37. The van der Waals surface area contributed by atoms with Crippen molar-refractivity contribution in [3.05, 3.63) is 52.5 Å². The van der Waals surface area contributed by atoms with Gasteiger partial charge in [-0.2, -0.15) is 50.9 Å². The Balaban J connectivity index is 0.000000379. The Morgan fingerprint density at radius 3 is 1.84 bits per heavy atom. The highest BCUT2D eigenvalue weighted by Crippen LogP contribution is 2.26. The number of pyridine rings is 1. The van der Waals surface area contributed by atoms with Crippen LogP contribution in [-0.4, -0.2) is 105 Å². The second-order valence-electron chi connectivity index (χ2n) is 8.91. The van der Waals surface area contributed by atoms with Crippen LogP contribution in [0.1, 0.15) is 17.7 Å². The average molecular weight is 672 g/mol. The van der Waals surface area contributed by atoms with Crippen molar-refractivity contribution in [2.75, 3.05) is 26.2 Å². The van der Waals surface area contributed by atoms with Crippen molar-refractivity contribution in [2.24, 2.45) is 0 Å². The van der Waals surface area contributed by atoms with E-state index < -0.39 is 36.4 Å². The van der Waals surface area contributed by atoms with Gasteiger partial charge < -0.3 is 20.1 Å². The van der Waals surface area contributed by atoms with Gasteiger partial charge in [0, 0.05) is 45.0 Å². The summed E-state index contributed by atoms with van der Waals surface area (Å²) in [4.78, 5) is 36.2. The molecular formula is C24H26F9N3O7S. The van der Waals surface area contributed by atoms with E-state index in [1.807, 2.05) is 24.4 Å². The van der Waals surface area contributed by atoms with Gasteiger partial charge in [-0.25, -0.2) is 14.4 Å². The third-order valence-electron chi connectivity index (χ3n) is 5.57. The molecule has 44 heavy (non-hydrogen) atoms. The number of carboxylic acid groups (broad SMARTS) is 3. The fourth-order valence-electron chi connectivity index (χ4n) is 3.65. The number of aromatic nitrogens is 1. The number of ether oxygens (including phenoxy) is 1. The van der Waals surface area contributed by atoms with E-state index in [-0.39, 0.29) is 0 Å². The Morgan fingerprint density at radius 2 is 1.41 bits per heavy atom. The summed E-state index contributed by atoms with van der Waals surface area (Å²) >= 11 is 1.79. The van der Waals surface area contributed by atoms with Crippen molar-refractivity contribution in [3.8, 4) is 0 Å². The molecule has 2 atom stereocenters. The SMILES string of the molecule is O=C(O)C(F)(F)F.O=C(O)C(F)(F)F.O=C(O)C(F)(F)F.c1ccc(COC2CC3CN(Cc4ccsc4)CCN3C2)nc1. The normalized spacial score (nSPS) is 18.8. The van der Waals surface area contributed by atoms with Gasteiger partial charge in [-0.15, -0.1) is 0 Å². The van der Waals surface area contributed by atoms with Crippen molar-refractivity contribution in [3.63, 3.8) is 0 Å². The number of alkyl halides is 9. The van der Waals surface area contributed by atoms with E-state index >= 15 is 0 Å². The minimum absolute atomic E-state index is 0.350. The quantitative estimate of drug-likeness (QED) is 0.389. The van der Waals surface area contributed by atoms with Crippen molar-refractivity contribution in [2.45, 2.75) is 50.2 Å². The van der Waals surface area contributed by atoms with Crippen molar-refractivity contribution in [1.82, 2.24) is 14.8 Å². The number of hydrogen-bond donors (Lipinski definition) is 3. The number of halogens is 9. The zero-order valence-electron chi connectivity index (χ0n) is 22.3. The lowest BCUT2D eigenvalue weighted by atomic mass is 10.1. The number of fused-ring (bicyclic) bond motifs is 1. The Bertz CT molecular complexity index is 1110. The minimum Gasteiger partial charge on any atom is -0.475 e. The molecule has 0 aliphatic carbocycles. The molecule has 2 aromatic rings. The molecule has 0 saturated carbocycles. The van der Waals surface area contributed by atoms with Gasteiger partial charge in [0.25, 0.3) is 0 Å². The highest BCUT2D eigenvalue weighted by molar-refractivity contribution is 7.07. The van der Waals surface area contributed by atoms with Gasteiger partial charge >= 0.3 is 36.4 Å². The standard InChI is InChI=1S/C18H23N3OS.3C2HF3O2/c1-2-5-19-16(3-1)13-22-18-9-17-11-20(6-7-21(17)12-18)10-15-4-8-23-14-15;3*3-2(4,5)1(6)7/h1-5,8,14,17-18H,6-7,9-13H2;3*(H,6,7). The summed E-state index contributed by atoms with van der Waals surface area (Å²) in [6, 6.07) is 8.89. The van der Waals surface area contributed by atoms with Crippen molar-refractivity contribution < 1.29 is 74.0 Å². The highest BCUT2D eigenvalue weighted by atomic mass is 32.1. The van der Waals surface area contributed by atoms with Crippen molar-refractivity contribution >= 4 is 29.2 Å². The molecule has 2 unspecified atom stereocenters. The third-order valence-corrected chi connectivity index (χ3v) is 6.30. The maximum atomic E-state index is 10.6. The topological polar surface area (TPSA) is 140 Å². The third kappa shape index (κ3) is 15.3. The zero-order chi connectivity index (χ0) is 33.7. The molecule has 4 rings (SSSR count). The molecule has 4 heterocycles. The molecule has 20 heteroatoms. The first kappa shape index (κ1) is 38.5. The summed E-state index contributed by atoms with van der Waals surface area (Å²) in [6.07, 6.45) is -11.9. The Kier molecular flexibility index (Phi) is 15.0. The van der Waals surface area contributed by atoms with Gasteiger partial charge in [0.2, 0.25) is 0 Å². The fourth-order valence-corrected chi connectivity index (χ4v) is 4.31. The Morgan fingerprint density at radius 1 is 0.864 bits per heavy atom. The van der Waals surface area contributed by atoms with E-state index in [9.17, 15) is 39.5 Å². The molecule has 0 amide bonds. The van der Waals surface area contributed by atoms with Crippen LogP contribution in [-0.2, 0) is 32.3 Å². The van der Waals surface area contributed by atoms with Crippen LogP contribution in [0.5, 0.6) is 0 Å². The lowest BCUT2D eigenvalue weighted by molar-refractivity contribution is -0.193. The van der Waals surface area contributed by atoms with Crippen LogP contribution in [0.4, 0.5) is 39.5 Å². The molecule has 0 radical (unpaired) electrons. The fraction of sp³-hybridized carbons (Fsp3) is 0.500. The number of hydrogen-bond acceptors (Lipinski definition) is 8. The summed E-state index contributed by atoms with van der Waals surface area (Å²) in [5, 5.41) is 25.8. The molecule has 248 valence electrons. The summed E-state index contributed by atoms with van der Waals surface area (Å²) in [7, 11) is 0. The van der Waals surface area contributed by atoms with Gasteiger partial charge in [0.15, 0.2) is 0 Å². The molecule has 2 saturated heterocycles. The molecule has 2 fully saturated rings. The minimum atomic E-state index is -5.08. The maximum absolute atomic E-state index is 10.6. The molecule has 0 aromatic carbocycles. The molecule has 2 aromatic heterocycles. The lowest BCUT2D eigenvalue weighted by Crippen LogP contribution is -2.49. The van der Waals surface area contributed by atoms with Crippen LogP contribution in [0.25, 0.3) is 0 Å². The second-order valence-corrected chi connectivity index (χ2v) is 9.69. The Labute approximate surface area is 247 Å². The number of carbonyl (C=O) groups is 3. The molecule has 10 nitrogen and oxygen atoms in total. The van der Waals surface area contributed by atoms with E-state index in [0.29, 0.717) is 18.8 Å². The van der Waals surface area contributed by atoms with Gasteiger partial charge in [0.05, 0.1) is 18.4 Å². The highest BCUT2D eigenvalue weighted by Gasteiger charge is 2.39. The predicted molar refractivity (Wildman–Crippen MR) is 133 cm³/mol. The Hall–Kier alpha value is -3.49. The summed E-state index contributed by atoms with van der Waals surface area (Å²) in [6.45, 7) is 6.29. The number of aliphatic carboxylic acids is 3. The number of piperazine rings is 1. The number of thiophene rings is 1. The van der Waals surface area contributed by atoms with E-state index in [2.05, 4.69) is 31.6 Å². The monoisotopic (exact) mass is 671 g/mol. The van der Waals surface area contributed by atoms with E-state index in [0.717, 1.165) is 31.7 Å². The van der Waals surface area contributed by atoms with Crippen LogP contribution >= 0.6 is 11.3 Å². The first-order chi connectivity index (χ1) is 20.2. The first-order valence-electron chi connectivity index (χ1n) is 12.1. The number of carboxylic acids is 3. The smallest absolute Gasteiger partial charge is 0.475 e. The van der Waals surface area contributed by atoms with Crippen LogP contribution < -0.4 is 0 Å². The largest absolute Gasteiger partial charge is 0.490 e. The van der Waals surface area contributed by atoms with Crippen LogP contribution in [0.3, 0.4) is 0 Å². The molecule has 0 bridgehead atoms. The maximum Gasteiger partial charge on any atom is 0.490 e. The van der Waals surface area contributed by atoms with Crippen LogP contribution in [0, 0.1) is 0 Å². The first-order valence-corrected chi connectivity index (χ1v) is 13.0. The van der Waals surface area contributed by atoms with Crippen molar-refractivity contribution in [1.29, 1.82) is 0 Å². The number of rotatable bonds is 5.